The third-order valence-electron chi connectivity index (χ3n) is 3.25. The van der Waals surface area contributed by atoms with Gasteiger partial charge in [0.1, 0.15) is 5.69 Å². The van der Waals surface area contributed by atoms with Gasteiger partial charge >= 0.3 is 0 Å². The van der Waals surface area contributed by atoms with Gasteiger partial charge in [0.05, 0.1) is 10.6 Å². The van der Waals surface area contributed by atoms with Crippen molar-refractivity contribution < 1.29 is 4.92 Å². The molecule has 0 saturated heterocycles. The van der Waals surface area contributed by atoms with Crippen LogP contribution >= 0.6 is 0 Å². The second kappa shape index (κ2) is 4.04. The van der Waals surface area contributed by atoms with E-state index in [0.717, 1.165) is 24.1 Å². The Morgan fingerprint density at radius 2 is 2.21 bits per heavy atom. The maximum atomic E-state index is 11.2. The summed E-state index contributed by atoms with van der Waals surface area (Å²) >= 11 is 0. The molecule has 1 saturated carbocycles. The van der Waals surface area contributed by atoms with Crippen LogP contribution in [0.25, 0.3) is 5.69 Å². The number of rotatable bonds is 3. The molecule has 1 aliphatic rings. The Kier molecular flexibility index (Phi) is 2.48. The summed E-state index contributed by atoms with van der Waals surface area (Å²) in [5.41, 5.74) is 7.86. The van der Waals surface area contributed by atoms with Crippen molar-refractivity contribution in [2.24, 2.45) is 0 Å². The summed E-state index contributed by atoms with van der Waals surface area (Å²) in [6.45, 7) is 1.81. The Labute approximate surface area is 109 Å². The van der Waals surface area contributed by atoms with Crippen LogP contribution < -0.4 is 5.73 Å². The fourth-order valence-electron chi connectivity index (χ4n) is 2.18. The molecular weight excluding hydrogens is 246 g/mol. The molecule has 3 rings (SSSR count). The van der Waals surface area contributed by atoms with Crippen LogP contribution in [0, 0.1) is 17.0 Å². The van der Waals surface area contributed by atoms with E-state index in [-0.39, 0.29) is 5.69 Å². The number of nitro benzene ring substituents is 1. The van der Waals surface area contributed by atoms with E-state index in [1.165, 1.54) is 10.7 Å². The first-order chi connectivity index (χ1) is 9.08. The highest BCUT2D eigenvalue weighted by atomic mass is 16.6. The third-order valence-corrected chi connectivity index (χ3v) is 3.25. The van der Waals surface area contributed by atoms with E-state index in [2.05, 4.69) is 10.3 Å². The summed E-state index contributed by atoms with van der Waals surface area (Å²) in [4.78, 5) is 10.8. The molecule has 0 bridgehead atoms. The van der Waals surface area contributed by atoms with Crippen molar-refractivity contribution in [3.05, 3.63) is 39.6 Å². The van der Waals surface area contributed by atoms with Crippen LogP contribution in [0.2, 0.25) is 0 Å². The maximum absolute atomic E-state index is 11.2. The lowest BCUT2D eigenvalue weighted by molar-refractivity contribution is -0.384. The molecule has 7 nitrogen and oxygen atoms in total. The summed E-state index contributed by atoms with van der Waals surface area (Å²) in [7, 11) is 0. The number of hydrogen-bond donors (Lipinski definition) is 1. The second-order valence-corrected chi connectivity index (χ2v) is 4.80. The minimum atomic E-state index is -0.406. The molecule has 1 heterocycles. The Bertz CT molecular complexity index is 660. The van der Waals surface area contributed by atoms with E-state index in [9.17, 15) is 10.1 Å². The standard InChI is InChI=1S/C12H13N5O2/c1-7-2-5-9(10(6-7)17(18)19)16-11(8-3-4-8)12(13)14-15-16/h2,5-6,8H,3-4,13H2,1H3. The fraction of sp³-hybridized carbons (Fsp3) is 0.333. The van der Waals surface area contributed by atoms with Crippen molar-refractivity contribution in [2.75, 3.05) is 5.73 Å². The highest BCUT2D eigenvalue weighted by Crippen LogP contribution is 2.43. The number of aromatic nitrogens is 3. The summed E-state index contributed by atoms with van der Waals surface area (Å²) in [5, 5.41) is 19.0. The van der Waals surface area contributed by atoms with E-state index >= 15 is 0 Å². The fourth-order valence-corrected chi connectivity index (χ4v) is 2.18. The van der Waals surface area contributed by atoms with E-state index in [0.29, 0.717) is 17.4 Å². The summed E-state index contributed by atoms with van der Waals surface area (Å²) in [5.74, 6) is 0.674. The van der Waals surface area contributed by atoms with E-state index < -0.39 is 4.92 Å². The highest BCUT2D eigenvalue weighted by Gasteiger charge is 2.32. The Balaban J connectivity index is 2.19. The van der Waals surface area contributed by atoms with E-state index in [1.807, 2.05) is 13.0 Å². The third kappa shape index (κ3) is 1.92. The average molecular weight is 259 g/mol. The second-order valence-electron chi connectivity index (χ2n) is 4.80. The van der Waals surface area contributed by atoms with Crippen LogP contribution in [-0.2, 0) is 0 Å². The zero-order chi connectivity index (χ0) is 13.6. The van der Waals surface area contributed by atoms with E-state index in [4.69, 9.17) is 5.73 Å². The molecule has 2 N–H and O–H groups in total. The van der Waals surface area contributed by atoms with Crippen LogP contribution in [0.3, 0.4) is 0 Å². The molecule has 98 valence electrons. The highest BCUT2D eigenvalue weighted by molar-refractivity contribution is 5.56. The molecule has 1 aliphatic carbocycles. The zero-order valence-electron chi connectivity index (χ0n) is 10.4. The number of hydrogen-bond acceptors (Lipinski definition) is 5. The maximum Gasteiger partial charge on any atom is 0.295 e. The molecule has 2 aromatic rings. The number of aryl methyl sites for hydroxylation is 1. The van der Waals surface area contributed by atoms with Gasteiger partial charge < -0.3 is 5.73 Å². The van der Waals surface area contributed by atoms with Crippen LogP contribution in [0.4, 0.5) is 11.5 Å². The van der Waals surface area contributed by atoms with Crippen LogP contribution in [-0.4, -0.2) is 19.9 Å². The first-order valence-electron chi connectivity index (χ1n) is 6.04. The molecule has 1 fully saturated rings. The molecule has 0 aliphatic heterocycles. The normalized spacial score (nSPS) is 14.6. The van der Waals surface area contributed by atoms with Crippen molar-refractivity contribution in [2.45, 2.75) is 25.7 Å². The quantitative estimate of drug-likeness (QED) is 0.670. The number of anilines is 1. The Morgan fingerprint density at radius 1 is 1.47 bits per heavy atom. The summed E-state index contributed by atoms with van der Waals surface area (Å²) < 4.78 is 1.50. The number of nitrogens with zero attached hydrogens (tertiary/aromatic N) is 4. The van der Waals surface area contributed by atoms with E-state index in [1.54, 1.807) is 6.07 Å². The molecule has 7 heteroatoms. The topological polar surface area (TPSA) is 99.9 Å². The lowest BCUT2D eigenvalue weighted by atomic mass is 10.2. The van der Waals surface area contributed by atoms with Crippen molar-refractivity contribution >= 4 is 11.5 Å². The van der Waals surface area contributed by atoms with Gasteiger partial charge in [0.15, 0.2) is 5.82 Å². The molecule has 0 amide bonds. The van der Waals surface area contributed by atoms with Gasteiger partial charge in [-0.1, -0.05) is 11.3 Å². The number of nitro groups is 1. The molecule has 19 heavy (non-hydrogen) atoms. The first kappa shape index (κ1) is 11.6. The van der Waals surface area contributed by atoms with Crippen LogP contribution in [0.1, 0.15) is 30.0 Å². The van der Waals surface area contributed by atoms with Gasteiger partial charge in [-0.05, 0) is 31.4 Å². The van der Waals surface area contributed by atoms with Gasteiger partial charge in [0.25, 0.3) is 5.69 Å². The SMILES string of the molecule is Cc1ccc(-n2nnc(N)c2C2CC2)c([N+](=O)[O-])c1. The number of nitrogen functional groups attached to an aromatic ring is 1. The van der Waals surface area contributed by atoms with Crippen molar-refractivity contribution in [1.29, 1.82) is 0 Å². The lowest BCUT2D eigenvalue weighted by Crippen LogP contribution is -2.06. The van der Waals surface area contributed by atoms with Gasteiger partial charge in [-0.3, -0.25) is 10.1 Å². The molecule has 0 atom stereocenters. The van der Waals surface area contributed by atoms with Gasteiger partial charge in [0, 0.05) is 12.0 Å². The predicted molar refractivity (Wildman–Crippen MR) is 69.1 cm³/mol. The van der Waals surface area contributed by atoms with Gasteiger partial charge in [-0.15, -0.1) is 5.10 Å². The molecule has 0 unspecified atom stereocenters. The molecule has 0 spiro atoms. The van der Waals surface area contributed by atoms with Gasteiger partial charge in [0.2, 0.25) is 0 Å². The Hall–Kier alpha value is -2.44. The smallest absolute Gasteiger partial charge is 0.295 e. The van der Waals surface area contributed by atoms with Gasteiger partial charge in [-0.2, -0.15) is 0 Å². The minimum Gasteiger partial charge on any atom is -0.381 e. The molecular formula is C12H13N5O2. The van der Waals surface area contributed by atoms with Crippen LogP contribution in [0.5, 0.6) is 0 Å². The van der Waals surface area contributed by atoms with Crippen molar-refractivity contribution in [3.8, 4) is 5.69 Å². The predicted octanol–water partition coefficient (Wildman–Crippen LogP) is 1.94. The lowest BCUT2D eigenvalue weighted by Gasteiger charge is -2.07. The molecule has 1 aromatic heterocycles. The molecule has 0 radical (unpaired) electrons. The molecule has 1 aromatic carbocycles. The number of benzene rings is 1. The van der Waals surface area contributed by atoms with Crippen molar-refractivity contribution in [3.63, 3.8) is 0 Å². The summed E-state index contributed by atoms with van der Waals surface area (Å²) in [6, 6.07) is 5.04. The minimum absolute atomic E-state index is 0.0202. The van der Waals surface area contributed by atoms with Crippen molar-refractivity contribution in [1.82, 2.24) is 15.0 Å². The first-order valence-corrected chi connectivity index (χ1v) is 6.04. The van der Waals surface area contributed by atoms with Crippen LogP contribution in [0.15, 0.2) is 18.2 Å². The average Bonchev–Trinajstić information content (AvgIpc) is 3.13. The zero-order valence-corrected chi connectivity index (χ0v) is 10.4. The van der Waals surface area contributed by atoms with Gasteiger partial charge in [-0.25, -0.2) is 4.68 Å². The monoisotopic (exact) mass is 259 g/mol. The largest absolute Gasteiger partial charge is 0.381 e. The Morgan fingerprint density at radius 3 is 2.84 bits per heavy atom. The number of nitrogens with two attached hydrogens (primary N) is 1. The summed E-state index contributed by atoms with van der Waals surface area (Å²) in [6.07, 6.45) is 2.05.